The summed E-state index contributed by atoms with van der Waals surface area (Å²) in [7, 11) is 0. The van der Waals surface area contributed by atoms with E-state index in [0.717, 1.165) is 35.5 Å². The van der Waals surface area contributed by atoms with Gasteiger partial charge in [-0.1, -0.05) is 82.0 Å². The Balaban J connectivity index is 0.000000240. The van der Waals surface area contributed by atoms with Gasteiger partial charge in [0.05, 0.1) is 0 Å². The molecule has 2 aromatic carbocycles. The Labute approximate surface area is 244 Å². The van der Waals surface area contributed by atoms with Gasteiger partial charge in [-0.3, -0.25) is 0 Å². The predicted octanol–water partition coefficient (Wildman–Crippen LogP) is 11.9. The third-order valence-corrected chi connectivity index (χ3v) is 10.7. The molecule has 0 radical (unpaired) electrons. The van der Waals surface area contributed by atoms with Crippen LogP contribution in [0.15, 0.2) is 49.1 Å². The highest BCUT2D eigenvalue weighted by atomic mass is 19.2. The molecule has 40 heavy (non-hydrogen) atoms. The molecule has 220 valence electrons. The number of rotatable bonds is 8. The molecular formula is C38H54F2. The lowest BCUT2D eigenvalue weighted by Gasteiger charge is -2.42. The van der Waals surface area contributed by atoms with Crippen LogP contribution in [-0.4, -0.2) is 0 Å². The Morgan fingerprint density at radius 2 is 1.32 bits per heavy atom. The first kappa shape index (κ1) is 31.0. The van der Waals surface area contributed by atoms with Crippen molar-refractivity contribution in [2.45, 2.75) is 129 Å². The molecule has 2 aromatic rings. The van der Waals surface area contributed by atoms with Gasteiger partial charge in [0, 0.05) is 0 Å². The topological polar surface area (TPSA) is 0 Å². The molecule has 3 saturated carbocycles. The fourth-order valence-corrected chi connectivity index (χ4v) is 8.04. The molecule has 4 atom stereocenters. The minimum absolute atomic E-state index is 0.347. The van der Waals surface area contributed by atoms with Gasteiger partial charge >= 0.3 is 0 Å². The highest BCUT2D eigenvalue weighted by Gasteiger charge is 2.35. The summed E-state index contributed by atoms with van der Waals surface area (Å²) in [5.41, 5.74) is 4.04. The lowest BCUT2D eigenvalue weighted by atomic mass is 9.63. The third kappa shape index (κ3) is 8.07. The Hall–Kier alpha value is -1.96. The van der Waals surface area contributed by atoms with Crippen molar-refractivity contribution in [3.05, 3.63) is 82.9 Å². The Kier molecular flexibility index (Phi) is 11.9. The Morgan fingerprint density at radius 3 is 1.98 bits per heavy atom. The zero-order chi connectivity index (χ0) is 28.5. The largest absolute Gasteiger partial charge is 0.203 e. The van der Waals surface area contributed by atoms with E-state index in [-0.39, 0.29) is 0 Å². The van der Waals surface area contributed by atoms with Crippen molar-refractivity contribution in [2.75, 3.05) is 0 Å². The van der Waals surface area contributed by atoms with Gasteiger partial charge < -0.3 is 0 Å². The summed E-state index contributed by atoms with van der Waals surface area (Å²) in [6.45, 7) is 9.81. The first-order valence-corrected chi connectivity index (χ1v) is 16.6. The number of halogens is 2. The second-order valence-electron chi connectivity index (χ2n) is 13.3. The fraction of sp³-hybridized carbons (Fsp3) is 0.632. The summed E-state index contributed by atoms with van der Waals surface area (Å²) >= 11 is 0. The first-order chi connectivity index (χ1) is 19.4. The number of benzene rings is 2. The molecule has 0 N–H and O–H groups in total. The SMILES string of the molecule is C=CCCc1ccc(C)c(F)c1F.CCCC1CCC2CC(c3ccc(C4CCC(CC)CC4)cc3)CCC2C1. The molecule has 3 fully saturated rings. The number of hydrogen-bond donors (Lipinski definition) is 0. The Morgan fingerprint density at radius 1 is 0.725 bits per heavy atom. The maximum Gasteiger partial charge on any atom is 0.162 e. The van der Waals surface area contributed by atoms with Gasteiger partial charge in [-0.15, -0.1) is 6.58 Å². The summed E-state index contributed by atoms with van der Waals surface area (Å²) in [4.78, 5) is 0. The molecule has 4 unspecified atom stereocenters. The first-order valence-electron chi connectivity index (χ1n) is 16.6. The molecule has 0 heterocycles. The lowest BCUT2D eigenvalue weighted by Crippen LogP contribution is -2.30. The van der Waals surface area contributed by atoms with Crippen molar-refractivity contribution in [3.63, 3.8) is 0 Å². The zero-order valence-corrected chi connectivity index (χ0v) is 25.6. The van der Waals surface area contributed by atoms with E-state index < -0.39 is 11.6 Å². The quantitative estimate of drug-likeness (QED) is 0.288. The van der Waals surface area contributed by atoms with Crippen LogP contribution in [0.1, 0.15) is 138 Å². The smallest absolute Gasteiger partial charge is 0.162 e. The molecule has 0 bridgehead atoms. The normalized spacial score (nSPS) is 28.2. The summed E-state index contributed by atoms with van der Waals surface area (Å²) in [5.74, 6) is 4.37. The molecular weight excluding hydrogens is 494 g/mol. The van der Waals surface area contributed by atoms with E-state index in [4.69, 9.17) is 0 Å². The molecule has 5 rings (SSSR count). The molecule has 3 aliphatic rings. The standard InChI is InChI=1S/C27H42.C11H12F2/c1-3-5-21-8-11-27-19-26(17-16-25(27)18-21)24-14-12-23(13-15-24)22-9-6-20(4-2)7-10-22;1-3-4-5-9-7-6-8(2)10(12)11(9)13/h12-15,20-22,25-27H,3-11,16-19H2,1-2H3;3,6-7H,1,4-5H2,2H3. The van der Waals surface area contributed by atoms with Gasteiger partial charge in [-0.05, 0) is 135 Å². The molecule has 0 aliphatic heterocycles. The van der Waals surface area contributed by atoms with Crippen LogP contribution in [0.5, 0.6) is 0 Å². The van der Waals surface area contributed by atoms with Crippen LogP contribution < -0.4 is 0 Å². The van der Waals surface area contributed by atoms with Gasteiger partial charge in [0.1, 0.15) is 0 Å². The second kappa shape index (κ2) is 15.3. The van der Waals surface area contributed by atoms with Gasteiger partial charge in [0.2, 0.25) is 0 Å². The molecule has 0 amide bonds. The van der Waals surface area contributed by atoms with Crippen molar-refractivity contribution in [3.8, 4) is 0 Å². The Bertz CT molecular complexity index is 1050. The van der Waals surface area contributed by atoms with Crippen molar-refractivity contribution < 1.29 is 8.78 Å². The number of hydrogen-bond acceptors (Lipinski definition) is 0. The maximum atomic E-state index is 13.2. The molecule has 0 spiro atoms. The van der Waals surface area contributed by atoms with E-state index in [9.17, 15) is 8.78 Å². The number of allylic oxidation sites excluding steroid dienone is 1. The lowest BCUT2D eigenvalue weighted by molar-refractivity contribution is 0.114. The van der Waals surface area contributed by atoms with E-state index >= 15 is 0 Å². The van der Waals surface area contributed by atoms with Crippen LogP contribution in [0.4, 0.5) is 8.78 Å². The molecule has 0 aromatic heterocycles. The van der Waals surface area contributed by atoms with Gasteiger partial charge in [0.25, 0.3) is 0 Å². The van der Waals surface area contributed by atoms with Crippen molar-refractivity contribution in [1.29, 1.82) is 0 Å². The molecule has 3 aliphatic carbocycles. The van der Waals surface area contributed by atoms with Gasteiger partial charge in [0.15, 0.2) is 11.6 Å². The van der Waals surface area contributed by atoms with E-state index in [2.05, 4.69) is 44.7 Å². The van der Waals surface area contributed by atoms with Crippen LogP contribution in [0, 0.1) is 42.2 Å². The van der Waals surface area contributed by atoms with Gasteiger partial charge in [-0.25, -0.2) is 8.78 Å². The van der Waals surface area contributed by atoms with Crippen LogP contribution in [-0.2, 0) is 6.42 Å². The third-order valence-electron chi connectivity index (χ3n) is 10.7. The van der Waals surface area contributed by atoms with E-state index in [1.807, 2.05) is 0 Å². The maximum absolute atomic E-state index is 13.2. The average molecular weight is 549 g/mol. The molecule has 0 saturated heterocycles. The summed E-state index contributed by atoms with van der Waals surface area (Å²) in [6.07, 6.45) is 21.9. The van der Waals surface area contributed by atoms with Crippen LogP contribution in [0.2, 0.25) is 0 Å². The van der Waals surface area contributed by atoms with Crippen LogP contribution in [0.3, 0.4) is 0 Å². The van der Waals surface area contributed by atoms with Crippen LogP contribution in [0.25, 0.3) is 0 Å². The minimum Gasteiger partial charge on any atom is -0.203 e. The highest BCUT2D eigenvalue weighted by molar-refractivity contribution is 5.29. The van der Waals surface area contributed by atoms with Gasteiger partial charge in [-0.2, -0.15) is 0 Å². The van der Waals surface area contributed by atoms with Crippen LogP contribution >= 0.6 is 0 Å². The van der Waals surface area contributed by atoms with E-state index in [1.54, 1.807) is 42.7 Å². The monoisotopic (exact) mass is 548 g/mol. The average Bonchev–Trinajstić information content (AvgIpc) is 3.00. The summed E-state index contributed by atoms with van der Waals surface area (Å²) < 4.78 is 26.2. The second-order valence-corrected chi connectivity index (χ2v) is 13.3. The minimum atomic E-state index is -0.735. The summed E-state index contributed by atoms with van der Waals surface area (Å²) in [5, 5.41) is 0. The highest BCUT2D eigenvalue weighted by Crippen LogP contribution is 2.48. The molecule has 2 heteroatoms. The van der Waals surface area contributed by atoms with Crippen molar-refractivity contribution in [1.82, 2.24) is 0 Å². The van der Waals surface area contributed by atoms with Crippen molar-refractivity contribution >= 4 is 0 Å². The van der Waals surface area contributed by atoms with E-state index in [1.165, 1.54) is 77.0 Å². The van der Waals surface area contributed by atoms with E-state index in [0.29, 0.717) is 24.0 Å². The zero-order valence-electron chi connectivity index (χ0n) is 25.6. The molecule has 0 nitrogen and oxygen atoms in total. The number of aryl methyl sites for hydroxylation is 2. The fourth-order valence-electron chi connectivity index (χ4n) is 8.04. The van der Waals surface area contributed by atoms with Crippen molar-refractivity contribution in [2.24, 2.45) is 23.7 Å². The predicted molar refractivity (Wildman–Crippen MR) is 167 cm³/mol. The number of fused-ring (bicyclic) bond motifs is 1. The summed E-state index contributed by atoms with van der Waals surface area (Å²) in [6, 6.07) is 13.2.